The van der Waals surface area contributed by atoms with Crippen molar-refractivity contribution < 1.29 is 0 Å². The lowest BCUT2D eigenvalue weighted by Gasteiger charge is -2.29. The van der Waals surface area contributed by atoms with Crippen molar-refractivity contribution in [3.63, 3.8) is 0 Å². The molecule has 1 aromatic heterocycles. The first kappa shape index (κ1) is 7.13. The van der Waals surface area contributed by atoms with E-state index in [1.165, 1.54) is 29.7 Å². The number of allylic oxidation sites excluding steroid dienone is 2. The molecular formula is C11H12N2. The maximum absolute atomic E-state index is 5.78. The van der Waals surface area contributed by atoms with Crippen LogP contribution in [0.1, 0.15) is 35.6 Å². The summed E-state index contributed by atoms with van der Waals surface area (Å²) in [7, 11) is 0. The molecule has 1 atom stereocenters. The molecule has 2 N–H and O–H groups in total. The number of rotatable bonds is 0. The molecule has 66 valence electrons. The Bertz CT molecular complexity index is 418. The average molecular weight is 172 g/mol. The lowest BCUT2D eigenvalue weighted by Crippen LogP contribution is -2.16. The molecular weight excluding hydrogens is 160 g/mol. The van der Waals surface area contributed by atoms with Gasteiger partial charge in [0.25, 0.3) is 0 Å². The summed E-state index contributed by atoms with van der Waals surface area (Å²) in [4.78, 5) is 4.44. The second kappa shape index (κ2) is 2.13. The van der Waals surface area contributed by atoms with Crippen molar-refractivity contribution >= 4 is 11.4 Å². The van der Waals surface area contributed by atoms with Crippen molar-refractivity contribution in [1.82, 2.24) is 4.98 Å². The number of hydrogen-bond donors (Lipinski definition) is 1. The second-order valence-electron chi connectivity index (χ2n) is 3.91. The highest BCUT2D eigenvalue weighted by atomic mass is 14.9. The number of hydrogen-bond acceptors (Lipinski definition) is 2. The molecule has 13 heavy (non-hydrogen) atoms. The average Bonchev–Trinajstić information content (AvgIpc) is 2.52. The minimum absolute atomic E-state index is 0.609. The van der Waals surface area contributed by atoms with E-state index in [-0.39, 0.29) is 0 Å². The minimum atomic E-state index is 0.609. The SMILES string of the molecule is Cc1cc2c(nc1N)C1CCC=C21. The Balaban J connectivity index is 2.22. The molecule has 1 heterocycles. The van der Waals surface area contributed by atoms with Gasteiger partial charge in [0, 0.05) is 11.5 Å². The monoisotopic (exact) mass is 172 g/mol. The van der Waals surface area contributed by atoms with E-state index in [4.69, 9.17) is 5.73 Å². The van der Waals surface area contributed by atoms with Gasteiger partial charge in [-0.25, -0.2) is 4.98 Å². The van der Waals surface area contributed by atoms with Gasteiger partial charge in [0.15, 0.2) is 0 Å². The van der Waals surface area contributed by atoms with Gasteiger partial charge >= 0.3 is 0 Å². The minimum Gasteiger partial charge on any atom is -0.383 e. The molecule has 0 bridgehead atoms. The predicted molar refractivity (Wildman–Crippen MR) is 53.3 cm³/mol. The van der Waals surface area contributed by atoms with Crippen LogP contribution in [-0.4, -0.2) is 4.98 Å². The largest absolute Gasteiger partial charge is 0.383 e. The molecule has 1 unspecified atom stereocenters. The van der Waals surface area contributed by atoms with Gasteiger partial charge < -0.3 is 5.73 Å². The Hall–Kier alpha value is -1.31. The summed E-state index contributed by atoms with van der Waals surface area (Å²) in [5, 5.41) is 0. The third kappa shape index (κ3) is 0.755. The fourth-order valence-corrected chi connectivity index (χ4v) is 2.35. The topological polar surface area (TPSA) is 38.9 Å². The summed E-state index contributed by atoms with van der Waals surface area (Å²) >= 11 is 0. The maximum Gasteiger partial charge on any atom is 0.126 e. The fraction of sp³-hybridized carbons (Fsp3) is 0.364. The molecule has 1 aromatic rings. The van der Waals surface area contributed by atoms with Crippen LogP contribution in [0.25, 0.3) is 5.57 Å². The number of fused-ring (bicyclic) bond motifs is 4. The molecule has 2 heteroatoms. The van der Waals surface area contributed by atoms with E-state index in [1.54, 1.807) is 0 Å². The summed E-state index contributed by atoms with van der Waals surface area (Å²) in [5.41, 5.74) is 11.0. The molecule has 0 saturated heterocycles. The van der Waals surface area contributed by atoms with Gasteiger partial charge in [-0.05, 0) is 37.0 Å². The van der Waals surface area contributed by atoms with Crippen LogP contribution >= 0.6 is 0 Å². The number of nitrogens with two attached hydrogens (primary N) is 1. The van der Waals surface area contributed by atoms with Gasteiger partial charge in [-0.1, -0.05) is 6.08 Å². The van der Waals surface area contributed by atoms with Gasteiger partial charge in [-0.3, -0.25) is 0 Å². The molecule has 3 rings (SSSR count). The number of anilines is 1. The van der Waals surface area contributed by atoms with Crippen LogP contribution in [0.5, 0.6) is 0 Å². The van der Waals surface area contributed by atoms with Crippen LogP contribution in [-0.2, 0) is 0 Å². The zero-order valence-corrected chi connectivity index (χ0v) is 7.67. The first-order chi connectivity index (χ1) is 6.27. The molecule has 2 aliphatic rings. The number of nitrogen functional groups attached to an aromatic ring is 1. The predicted octanol–water partition coefficient (Wildman–Crippen LogP) is 2.25. The fourth-order valence-electron chi connectivity index (χ4n) is 2.35. The third-order valence-corrected chi connectivity index (χ3v) is 3.12. The van der Waals surface area contributed by atoms with Gasteiger partial charge in [-0.15, -0.1) is 0 Å². The van der Waals surface area contributed by atoms with Crippen molar-refractivity contribution in [3.05, 3.63) is 29.0 Å². The van der Waals surface area contributed by atoms with E-state index in [0.717, 1.165) is 5.56 Å². The Morgan fingerprint density at radius 3 is 3.23 bits per heavy atom. The van der Waals surface area contributed by atoms with Crippen LogP contribution in [0.2, 0.25) is 0 Å². The van der Waals surface area contributed by atoms with Gasteiger partial charge in [0.2, 0.25) is 0 Å². The van der Waals surface area contributed by atoms with E-state index in [1.807, 2.05) is 6.92 Å². The summed E-state index contributed by atoms with van der Waals surface area (Å²) in [6.45, 7) is 2.02. The van der Waals surface area contributed by atoms with Crippen molar-refractivity contribution in [2.24, 2.45) is 0 Å². The molecule has 0 spiro atoms. The standard InChI is InChI=1S/C11H12N2/c1-6-5-9-7-3-2-4-8(7)10(9)13-11(6)12/h3,5,8H,2,4H2,1H3,(H2,12,13). The van der Waals surface area contributed by atoms with Crippen LogP contribution in [0.3, 0.4) is 0 Å². The Morgan fingerprint density at radius 2 is 2.38 bits per heavy atom. The van der Waals surface area contributed by atoms with Crippen molar-refractivity contribution in [2.75, 3.05) is 5.73 Å². The number of aryl methyl sites for hydroxylation is 1. The molecule has 0 saturated carbocycles. The van der Waals surface area contributed by atoms with Crippen LogP contribution in [0, 0.1) is 6.92 Å². The number of aromatic nitrogens is 1. The van der Waals surface area contributed by atoms with E-state index in [0.29, 0.717) is 11.7 Å². The van der Waals surface area contributed by atoms with Gasteiger partial charge in [0.1, 0.15) is 5.82 Å². The summed E-state index contributed by atoms with van der Waals surface area (Å²) in [6.07, 6.45) is 4.78. The summed E-state index contributed by atoms with van der Waals surface area (Å²) in [5.74, 6) is 1.31. The zero-order chi connectivity index (χ0) is 9.00. The molecule has 2 nitrogen and oxygen atoms in total. The highest BCUT2D eigenvalue weighted by Gasteiger charge is 2.36. The number of pyridine rings is 1. The van der Waals surface area contributed by atoms with E-state index in [2.05, 4.69) is 17.1 Å². The zero-order valence-electron chi connectivity index (χ0n) is 7.67. The normalized spacial score (nSPS) is 23.2. The van der Waals surface area contributed by atoms with E-state index in [9.17, 15) is 0 Å². The van der Waals surface area contributed by atoms with Gasteiger partial charge in [0.05, 0.1) is 5.69 Å². The number of nitrogens with zero attached hydrogens (tertiary/aromatic N) is 1. The highest BCUT2D eigenvalue weighted by Crippen LogP contribution is 2.51. The molecule has 0 amide bonds. The van der Waals surface area contributed by atoms with E-state index >= 15 is 0 Å². The van der Waals surface area contributed by atoms with Crippen molar-refractivity contribution in [2.45, 2.75) is 25.7 Å². The lowest BCUT2D eigenvalue weighted by atomic mass is 9.77. The highest BCUT2D eigenvalue weighted by molar-refractivity contribution is 5.85. The molecule has 0 fully saturated rings. The molecule has 2 aliphatic carbocycles. The second-order valence-corrected chi connectivity index (χ2v) is 3.91. The molecule has 0 aromatic carbocycles. The van der Waals surface area contributed by atoms with E-state index < -0.39 is 0 Å². The Morgan fingerprint density at radius 1 is 1.54 bits per heavy atom. The first-order valence-corrected chi connectivity index (χ1v) is 4.75. The van der Waals surface area contributed by atoms with Crippen molar-refractivity contribution in [3.8, 4) is 0 Å². The quantitative estimate of drug-likeness (QED) is 0.651. The van der Waals surface area contributed by atoms with Crippen molar-refractivity contribution in [1.29, 1.82) is 0 Å². The van der Waals surface area contributed by atoms with Gasteiger partial charge in [-0.2, -0.15) is 0 Å². The Labute approximate surface area is 77.5 Å². The smallest absolute Gasteiger partial charge is 0.126 e. The van der Waals surface area contributed by atoms with Crippen LogP contribution < -0.4 is 5.73 Å². The first-order valence-electron chi connectivity index (χ1n) is 4.75. The molecule has 0 aliphatic heterocycles. The lowest BCUT2D eigenvalue weighted by molar-refractivity contribution is 0.747. The Kier molecular flexibility index (Phi) is 1.17. The third-order valence-electron chi connectivity index (χ3n) is 3.12. The maximum atomic E-state index is 5.78. The van der Waals surface area contributed by atoms with Crippen LogP contribution in [0.4, 0.5) is 5.82 Å². The van der Waals surface area contributed by atoms with Crippen LogP contribution in [0.15, 0.2) is 12.1 Å². The summed E-state index contributed by atoms with van der Waals surface area (Å²) in [6, 6.07) is 2.17. The molecule has 0 radical (unpaired) electrons. The summed E-state index contributed by atoms with van der Waals surface area (Å²) < 4.78 is 0.